The molecule has 1 aliphatic carbocycles. The number of aliphatic carboxylic acids is 1. The van der Waals surface area contributed by atoms with Crippen molar-refractivity contribution in [2.75, 3.05) is 26.2 Å². The maximum Gasteiger partial charge on any atom is 0.317 e. The van der Waals surface area contributed by atoms with Gasteiger partial charge in [-0.3, -0.25) is 4.79 Å². The number of carbonyl (C=O) groups is 2. The van der Waals surface area contributed by atoms with Crippen molar-refractivity contribution in [3.63, 3.8) is 0 Å². The van der Waals surface area contributed by atoms with Crippen LogP contribution in [0.5, 0.6) is 0 Å². The molecule has 0 aromatic rings. The quantitative estimate of drug-likeness (QED) is 0.621. The monoisotopic (exact) mass is 297 g/mol. The van der Waals surface area contributed by atoms with Gasteiger partial charge in [-0.1, -0.05) is 6.92 Å². The van der Waals surface area contributed by atoms with Gasteiger partial charge in [0.1, 0.15) is 0 Å². The molecule has 1 unspecified atom stereocenters. The normalized spacial score (nSPS) is 25.7. The van der Waals surface area contributed by atoms with Crippen LogP contribution in [0.25, 0.3) is 0 Å². The Labute approximate surface area is 126 Å². The van der Waals surface area contributed by atoms with E-state index in [-0.39, 0.29) is 6.03 Å². The summed E-state index contributed by atoms with van der Waals surface area (Å²) in [4.78, 5) is 25.3. The fourth-order valence-electron chi connectivity index (χ4n) is 2.91. The highest BCUT2D eigenvalue weighted by molar-refractivity contribution is 5.78. The Hall–Kier alpha value is -1.30. The molecule has 2 rings (SSSR count). The molecule has 6 nitrogen and oxygen atoms in total. The van der Waals surface area contributed by atoms with Crippen LogP contribution in [0.15, 0.2) is 0 Å². The Balaban J connectivity index is 1.71. The number of hydrogen-bond donors (Lipinski definition) is 3. The number of nitrogens with zero attached hydrogens (tertiary/aromatic N) is 1. The van der Waals surface area contributed by atoms with Gasteiger partial charge in [0.25, 0.3) is 0 Å². The minimum atomic E-state index is -0.781. The third-order valence-electron chi connectivity index (χ3n) is 4.63. The second-order valence-electron chi connectivity index (χ2n) is 6.28. The molecule has 0 radical (unpaired) electrons. The summed E-state index contributed by atoms with van der Waals surface area (Å²) in [6.45, 7) is 4.44. The standard InChI is InChI=1S/C15H27N3O3/c1-2-15(13(19)20)7-3-10-18(11-15)14(21)17-9-4-8-16-12-5-6-12/h12,16H,2-11H2,1H3,(H,17,21)(H,19,20). The second kappa shape index (κ2) is 7.11. The van der Waals surface area contributed by atoms with Crippen molar-refractivity contribution in [3.05, 3.63) is 0 Å². The summed E-state index contributed by atoms with van der Waals surface area (Å²) < 4.78 is 0. The van der Waals surface area contributed by atoms with Crippen LogP contribution in [0.1, 0.15) is 45.4 Å². The van der Waals surface area contributed by atoms with Crippen LogP contribution in [0.3, 0.4) is 0 Å². The van der Waals surface area contributed by atoms with E-state index in [0.29, 0.717) is 38.5 Å². The SMILES string of the molecule is CCC1(C(=O)O)CCCN(C(=O)NCCCNC2CC2)C1. The van der Waals surface area contributed by atoms with E-state index < -0.39 is 11.4 Å². The minimum Gasteiger partial charge on any atom is -0.481 e. The first-order valence-corrected chi connectivity index (χ1v) is 8.07. The van der Waals surface area contributed by atoms with Crippen molar-refractivity contribution >= 4 is 12.0 Å². The lowest BCUT2D eigenvalue weighted by Gasteiger charge is -2.39. The maximum atomic E-state index is 12.1. The van der Waals surface area contributed by atoms with E-state index in [4.69, 9.17) is 0 Å². The van der Waals surface area contributed by atoms with Crippen LogP contribution < -0.4 is 10.6 Å². The molecule has 2 aliphatic rings. The third-order valence-corrected chi connectivity index (χ3v) is 4.63. The van der Waals surface area contributed by atoms with Gasteiger partial charge in [0.05, 0.1) is 5.41 Å². The zero-order valence-electron chi connectivity index (χ0n) is 12.9. The minimum absolute atomic E-state index is 0.125. The fraction of sp³-hybridized carbons (Fsp3) is 0.867. The van der Waals surface area contributed by atoms with E-state index >= 15 is 0 Å². The van der Waals surface area contributed by atoms with Gasteiger partial charge < -0.3 is 20.6 Å². The first-order valence-electron chi connectivity index (χ1n) is 8.07. The number of piperidine rings is 1. The zero-order valence-corrected chi connectivity index (χ0v) is 12.9. The molecule has 120 valence electrons. The molecule has 0 bridgehead atoms. The van der Waals surface area contributed by atoms with Crippen LogP contribution in [-0.2, 0) is 4.79 Å². The van der Waals surface area contributed by atoms with Crippen molar-refractivity contribution < 1.29 is 14.7 Å². The maximum absolute atomic E-state index is 12.1. The first kappa shape index (κ1) is 16.1. The highest BCUT2D eigenvalue weighted by atomic mass is 16.4. The lowest BCUT2D eigenvalue weighted by molar-refractivity contribution is -0.152. The van der Waals surface area contributed by atoms with E-state index in [1.807, 2.05) is 6.92 Å². The van der Waals surface area contributed by atoms with Gasteiger partial charge in [0.2, 0.25) is 0 Å². The summed E-state index contributed by atoms with van der Waals surface area (Å²) in [5.74, 6) is -0.781. The Morgan fingerprint density at radius 3 is 2.71 bits per heavy atom. The topological polar surface area (TPSA) is 81.7 Å². The number of nitrogens with one attached hydrogen (secondary N) is 2. The number of carboxylic acid groups (broad SMARTS) is 1. The van der Waals surface area contributed by atoms with Crippen molar-refractivity contribution in [1.29, 1.82) is 0 Å². The lowest BCUT2D eigenvalue weighted by atomic mass is 9.78. The largest absolute Gasteiger partial charge is 0.481 e. The molecule has 0 aromatic carbocycles. The van der Waals surface area contributed by atoms with Crippen molar-refractivity contribution in [2.24, 2.45) is 5.41 Å². The number of urea groups is 1. The molecular formula is C15H27N3O3. The average molecular weight is 297 g/mol. The molecule has 2 fully saturated rings. The summed E-state index contributed by atoms with van der Waals surface area (Å²) in [6, 6.07) is 0.573. The summed E-state index contributed by atoms with van der Waals surface area (Å²) >= 11 is 0. The predicted octanol–water partition coefficient (Wildman–Crippen LogP) is 1.41. The number of carboxylic acids is 1. The molecule has 1 saturated carbocycles. The molecule has 1 atom stereocenters. The molecule has 1 aliphatic heterocycles. The van der Waals surface area contributed by atoms with Crippen LogP contribution in [0.4, 0.5) is 4.79 Å². The average Bonchev–Trinajstić information content (AvgIpc) is 3.30. The van der Waals surface area contributed by atoms with Crippen molar-refractivity contribution in [3.8, 4) is 0 Å². The van der Waals surface area contributed by atoms with E-state index in [9.17, 15) is 14.7 Å². The smallest absolute Gasteiger partial charge is 0.317 e. The summed E-state index contributed by atoms with van der Waals surface area (Å²) in [7, 11) is 0. The summed E-state index contributed by atoms with van der Waals surface area (Å²) in [5.41, 5.74) is -0.761. The Bertz CT molecular complexity index is 384. The molecule has 1 saturated heterocycles. The molecule has 6 heteroatoms. The summed E-state index contributed by atoms with van der Waals surface area (Å²) in [5, 5.41) is 15.7. The molecule has 2 amide bonds. The summed E-state index contributed by atoms with van der Waals surface area (Å²) in [6.07, 6.45) is 5.44. The number of hydrogen-bond acceptors (Lipinski definition) is 3. The van der Waals surface area contributed by atoms with Crippen LogP contribution in [0, 0.1) is 5.41 Å². The fourth-order valence-corrected chi connectivity index (χ4v) is 2.91. The molecule has 3 N–H and O–H groups in total. The van der Waals surface area contributed by atoms with Gasteiger partial charge in [0.15, 0.2) is 0 Å². The number of rotatable bonds is 7. The number of amides is 2. The van der Waals surface area contributed by atoms with Gasteiger partial charge in [-0.15, -0.1) is 0 Å². The second-order valence-corrected chi connectivity index (χ2v) is 6.28. The lowest BCUT2D eigenvalue weighted by Crippen LogP contribution is -2.52. The Morgan fingerprint density at radius 2 is 2.10 bits per heavy atom. The van der Waals surface area contributed by atoms with E-state index in [0.717, 1.165) is 19.4 Å². The first-order chi connectivity index (χ1) is 10.1. The molecule has 1 heterocycles. The van der Waals surface area contributed by atoms with Gasteiger partial charge in [-0.2, -0.15) is 0 Å². The molecule has 0 aromatic heterocycles. The highest BCUT2D eigenvalue weighted by Gasteiger charge is 2.42. The molecule has 0 spiro atoms. The van der Waals surface area contributed by atoms with E-state index in [2.05, 4.69) is 10.6 Å². The van der Waals surface area contributed by atoms with E-state index in [1.165, 1.54) is 12.8 Å². The predicted molar refractivity (Wildman–Crippen MR) is 80.2 cm³/mol. The van der Waals surface area contributed by atoms with Gasteiger partial charge in [-0.25, -0.2) is 4.79 Å². The van der Waals surface area contributed by atoms with Gasteiger partial charge in [0, 0.05) is 25.7 Å². The Kier molecular flexibility index (Phi) is 5.45. The number of likely N-dealkylation sites (tertiary alicyclic amines) is 1. The number of carbonyl (C=O) groups excluding carboxylic acids is 1. The third kappa shape index (κ3) is 4.33. The van der Waals surface area contributed by atoms with Gasteiger partial charge in [-0.05, 0) is 45.1 Å². The van der Waals surface area contributed by atoms with Gasteiger partial charge >= 0.3 is 12.0 Å². The van der Waals surface area contributed by atoms with Crippen LogP contribution in [0.2, 0.25) is 0 Å². The van der Waals surface area contributed by atoms with Crippen LogP contribution >= 0.6 is 0 Å². The zero-order chi connectivity index (χ0) is 15.3. The van der Waals surface area contributed by atoms with E-state index in [1.54, 1.807) is 4.90 Å². The van der Waals surface area contributed by atoms with Crippen molar-refractivity contribution in [2.45, 2.75) is 51.5 Å². The van der Waals surface area contributed by atoms with Crippen LogP contribution in [-0.4, -0.2) is 54.2 Å². The molecule has 21 heavy (non-hydrogen) atoms. The highest BCUT2D eigenvalue weighted by Crippen LogP contribution is 2.33. The van der Waals surface area contributed by atoms with Crippen molar-refractivity contribution in [1.82, 2.24) is 15.5 Å². The molecular weight excluding hydrogens is 270 g/mol. The Morgan fingerprint density at radius 1 is 1.33 bits per heavy atom.